The number of pyridine rings is 1. The summed E-state index contributed by atoms with van der Waals surface area (Å²) in [4.78, 5) is 4.66. The van der Waals surface area contributed by atoms with E-state index in [1.165, 1.54) is 27.4 Å². The van der Waals surface area contributed by atoms with Crippen LogP contribution in [0, 0.1) is 0 Å². The average molecular weight is 320 g/mol. The molecule has 0 spiro atoms. The van der Waals surface area contributed by atoms with Crippen molar-refractivity contribution in [2.24, 2.45) is 0 Å². The fourth-order valence-corrected chi connectivity index (χ4v) is 3.49. The first-order valence-corrected chi connectivity index (χ1v) is 8.42. The molecule has 0 bridgehead atoms. The summed E-state index contributed by atoms with van der Waals surface area (Å²) < 4.78 is 2.24. The van der Waals surface area contributed by atoms with Gasteiger partial charge in [-0.15, -0.1) is 0 Å². The zero-order chi connectivity index (χ0) is 16.6. The fraction of sp³-hybridized carbons (Fsp3) is 0. The van der Waals surface area contributed by atoms with Crippen LogP contribution in [0.25, 0.3) is 38.8 Å². The lowest BCUT2D eigenvalue weighted by atomic mass is 10.0. The maximum atomic E-state index is 4.66. The van der Waals surface area contributed by atoms with Crippen molar-refractivity contribution in [2.45, 2.75) is 0 Å². The maximum Gasteiger partial charge on any atom is 0.145 e. The Morgan fingerprint density at radius 3 is 2.16 bits per heavy atom. The standard InChI is InChI=1S/C23H16N2/c1-3-8-17(9-4-1)18-13-14-22-21(16-18)20-12-7-15-24-23(20)25(22)19-10-5-2-6-11-19/h1-16H. The topological polar surface area (TPSA) is 17.8 Å². The molecule has 0 N–H and O–H groups in total. The molecule has 0 atom stereocenters. The molecule has 118 valence electrons. The highest BCUT2D eigenvalue weighted by Gasteiger charge is 2.13. The van der Waals surface area contributed by atoms with Crippen LogP contribution in [0.4, 0.5) is 0 Å². The second-order valence-electron chi connectivity index (χ2n) is 6.14. The Hall–Kier alpha value is -3.39. The summed E-state index contributed by atoms with van der Waals surface area (Å²) in [7, 11) is 0. The van der Waals surface area contributed by atoms with Gasteiger partial charge in [-0.2, -0.15) is 0 Å². The Balaban J connectivity index is 1.86. The summed E-state index contributed by atoms with van der Waals surface area (Å²) in [5, 5.41) is 2.41. The first kappa shape index (κ1) is 14.0. The van der Waals surface area contributed by atoms with Crippen LogP contribution in [0.2, 0.25) is 0 Å². The molecule has 2 aromatic heterocycles. The van der Waals surface area contributed by atoms with Crippen LogP contribution in [0.5, 0.6) is 0 Å². The minimum Gasteiger partial charge on any atom is -0.294 e. The van der Waals surface area contributed by atoms with E-state index in [4.69, 9.17) is 0 Å². The number of nitrogens with zero attached hydrogens (tertiary/aromatic N) is 2. The molecule has 2 nitrogen and oxygen atoms in total. The monoisotopic (exact) mass is 320 g/mol. The minimum atomic E-state index is 0.994. The molecule has 0 aliphatic rings. The third-order valence-electron chi connectivity index (χ3n) is 4.65. The first-order valence-electron chi connectivity index (χ1n) is 8.42. The van der Waals surface area contributed by atoms with E-state index in [-0.39, 0.29) is 0 Å². The van der Waals surface area contributed by atoms with E-state index in [0.717, 1.165) is 11.3 Å². The van der Waals surface area contributed by atoms with Gasteiger partial charge in [0.25, 0.3) is 0 Å². The van der Waals surface area contributed by atoms with Crippen molar-refractivity contribution in [1.82, 2.24) is 9.55 Å². The van der Waals surface area contributed by atoms with Gasteiger partial charge in [0.2, 0.25) is 0 Å². The molecular weight excluding hydrogens is 304 g/mol. The van der Waals surface area contributed by atoms with E-state index < -0.39 is 0 Å². The van der Waals surface area contributed by atoms with Crippen molar-refractivity contribution >= 4 is 21.9 Å². The smallest absolute Gasteiger partial charge is 0.145 e. The van der Waals surface area contributed by atoms with Gasteiger partial charge in [-0.25, -0.2) is 4.98 Å². The zero-order valence-electron chi connectivity index (χ0n) is 13.6. The molecule has 0 saturated carbocycles. The molecule has 5 aromatic rings. The van der Waals surface area contributed by atoms with Gasteiger partial charge in [0.1, 0.15) is 5.65 Å². The lowest BCUT2D eigenvalue weighted by molar-refractivity contribution is 1.14. The highest BCUT2D eigenvalue weighted by molar-refractivity contribution is 6.09. The molecule has 0 fully saturated rings. The molecule has 0 unspecified atom stereocenters. The zero-order valence-corrected chi connectivity index (χ0v) is 13.6. The van der Waals surface area contributed by atoms with E-state index in [2.05, 4.69) is 82.3 Å². The van der Waals surface area contributed by atoms with Gasteiger partial charge < -0.3 is 0 Å². The highest BCUT2D eigenvalue weighted by Crippen LogP contribution is 2.33. The van der Waals surface area contributed by atoms with Gasteiger partial charge in [-0.1, -0.05) is 54.6 Å². The van der Waals surface area contributed by atoms with Crippen molar-refractivity contribution in [2.75, 3.05) is 0 Å². The molecule has 0 aliphatic carbocycles. The lowest BCUT2D eigenvalue weighted by Gasteiger charge is -2.07. The molecule has 0 aliphatic heterocycles. The van der Waals surface area contributed by atoms with E-state index >= 15 is 0 Å². The maximum absolute atomic E-state index is 4.66. The third-order valence-corrected chi connectivity index (χ3v) is 4.65. The number of hydrogen-bond donors (Lipinski definition) is 0. The lowest BCUT2D eigenvalue weighted by Crippen LogP contribution is -1.94. The van der Waals surface area contributed by atoms with Crippen molar-refractivity contribution in [1.29, 1.82) is 0 Å². The first-order chi connectivity index (χ1) is 12.4. The van der Waals surface area contributed by atoms with Gasteiger partial charge in [-0.05, 0) is 47.5 Å². The van der Waals surface area contributed by atoms with Gasteiger partial charge in [0.05, 0.1) is 5.52 Å². The van der Waals surface area contributed by atoms with Crippen LogP contribution >= 0.6 is 0 Å². The molecule has 2 heteroatoms. The number of para-hydroxylation sites is 1. The van der Waals surface area contributed by atoms with Crippen molar-refractivity contribution < 1.29 is 0 Å². The normalized spacial score (nSPS) is 11.2. The van der Waals surface area contributed by atoms with E-state index in [1.807, 2.05) is 24.4 Å². The van der Waals surface area contributed by atoms with Crippen molar-refractivity contribution in [3.63, 3.8) is 0 Å². The Morgan fingerprint density at radius 2 is 1.36 bits per heavy atom. The van der Waals surface area contributed by atoms with Crippen LogP contribution < -0.4 is 0 Å². The van der Waals surface area contributed by atoms with Crippen LogP contribution in [0.15, 0.2) is 97.2 Å². The quantitative estimate of drug-likeness (QED) is 0.399. The van der Waals surface area contributed by atoms with E-state index in [9.17, 15) is 0 Å². The highest BCUT2D eigenvalue weighted by atomic mass is 15.0. The van der Waals surface area contributed by atoms with Crippen LogP contribution in [-0.4, -0.2) is 9.55 Å². The Labute approximate surface area is 146 Å². The van der Waals surface area contributed by atoms with Crippen molar-refractivity contribution in [3.05, 3.63) is 97.2 Å². The molecule has 3 aromatic carbocycles. The average Bonchev–Trinajstić information content (AvgIpc) is 3.03. The van der Waals surface area contributed by atoms with E-state index in [1.54, 1.807) is 0 Å². The number of hydrogen-bond acceptors (Lipinski definition) is 1. The van der Waals surface area contributed by atoms with Crippen LogP contribution in [0.3, 0.4) is 0 Å². The molecule has 0 radical (unpaired) electrons. The summed E-state index contributed by atoms with van der Waals surface area (Å²) >= 11 is 0. The summed E-state index contributed by atoms with van der Waals surface area (Å²) in [5.74, 6) is 0. The SMILES string of the molecule is c1ccc(-c2ccc3c(c2)c2cccnc2n3-c2ccccc2)cc1. The Bertz CT molecular complexity index is 1170. The molecule has 25 heavy (non-hydrogen) atoms. The minimum absolute atomic E-state index is 0.994. The second-order valence-corrected chi connectivity index (χ2v) is 6.14. The van der Waals surface area contributed by atoms with Gasteiger partial charge >= 0.3 is 0 Å². The Kier molecular flexibility index (Phi) is 3.14. The summed E-state index contributed by atoms with van der Waals surface area (Å²) in [6, 6.07) is 31.7. The molecule has 0 saturated heterocycles. The van der Waals surface area contributed by atoms with Gasteiger partial charge in [-0.3, -0.25) is 4.57 Å². The largest absolute Gasteiger partial charge is 0.294 e. The van der Waals surface area contributed by atoms with Crippen molar-refractivity contribution in [3.8, 4) is 16.8 Å². The number of fused-ring (bicyclic) bond motifs is 3. The van der Waals surface area contributed by atoms with Crippen LogP contribution in [-0.2, 0) is 0 Å². The van der Waals surface area contributed by atoms with Crippen LogP contribution in [0.1, 0.15) is 0 Å². The summed E-state index contributed by atoms with van der Waals surface area (Å²) in [6.07, 6.45) is 1.86. The molecule has 0 amide bonds. The van der Waals surface area contributed by atoms with Gasteiger partial charge in [0, 0.05) is 22.7 Å². The molecule has 2 heterocycles. The fourth-order valence-electron chi connectivity index (χ4n) is 3.49. The molecular formula is C23H16N2. The number of aromatic nitrogens is 2. The number of rotatable bonds is 2. The third kappa shape index (κ3) is 2.23. The second kappa shape index (κ2) is 5.60. The Morgan fingerprint density at radius 1 is 0.600 bits per heavy atom. The molecule has 5 rings (SSSR count). The predicted octanol–water partition coefficient (Wildman–Crippen LogP) is 5.85. The van der Waals surface area contributed by atoms with Gasteiger partial charge in [0.15, 0.2) is 0 Å². The predicted molar refractivity (Wildman–Crippen MR) is 104 cm³/mol. The summed E-state index contributed by atoms with van der Waals surface area (Å²) in [6.45, 7) is 0. The summed E-state index contributed by atoms with van der Waals surface area (Å²) in [5.41, 5.74) is 5.76. The number of benzene rings is 3. The van der Waals surface area contributed by atoms with E-state index in [0.29, 0.717) is 0 Å².